The van der Waals surface area contributed by atoms with Crippen LogP contribution in [0.2, 0.25) is 0 Å². The molecule has 0 N–H and O–H groups in total. The third kappa shape index (κ3) is 4.78. The molecule has 0 aliphatic rings. The van der Waals surface area contributed by atoms with E-state index in [0.717, 1.165) is 23.7 Å². The summed E-state index contributed by atoms with van der Waals surface area (Å²) in [6.45, 7) is 20.7. The van der Waals surface area contributed by atoms with Crippen LogP contribution >= 0.6 is 0 Å². The third-order valence-corrected chi connectivity index (χ3v) is 5.23. The smallest absolute Gasteiger partial charge is 0.0206 e. The van der Waals surface area contributed by atoms with Crippen LogP contribution in [0.3, 0.4) is 0 Å². The van der Waals surface area contributed by atoms with Crippen molar-refractivity contribution in [2.45, 2.75) is 74.1 Å². The molecule has 0 aliphatic heterocycles. The van der Waals surface area contributed by atoms with E-state index in [-0.39, 0.29) is 0 Å². The molecular weight excluding hydrogens is 216 g/mol. The first kappa shape index (κ1) is 17.7. The zero-order valence-electron chi connectivity index (χ0n) is 13.9. The summed E-state index contributed by atoms with van der Waals surface area (Å²) in [5.41, 5.74) is 1.36. The molecule has 0 radical (unpaired) electrons. The van der Waals surface area contributed by atoms with Crippen molar-refractivity contribution in [1.29, 1.82) is 0 Å². The molecule has 0 aliphatic carbocycles. The van der Waals surface area contributed by atoms with E-state index >= 15 is 0 Å². The minimum absolute atomic E-state index is 0.663. The molecular formula is C18H36. The van der Waals surface area contributed by atoms with Gasteiger partial charge in [-0.05, 0) is 36.5 Å². The van der Waals surface area contributed by atoms with Gasteiger partial charge in [0.15, 0.2) is 0 Å². The molecule has 0 rings (SSSR count). The molecule has 0 aromatic rings. The van der Waals surface area contributed by atoms with Crippen molar-refractivity contribution >= 4 is 0 Å². The fourth-order valence-electron chi connectivity index (χ4n) is 3.60. The predicted octanol–water partition coefficient (Wildman–Crippen LogP) is 6.32. The lowest BCUT2D eigenvalue weighted by atomic mass is 9.68. The second-order valence-electron chi connectivity index (χ2n) is 6.40. The molecule has 0 heterocycles. The molecule has 0 amide bonds. The molecule has 0 aromatic heterocycles. The van der Waals surface area contributed by atoms with Crippen LogP contribution in [0.1, 0.15) is 74.1 Å². The van der Waals surface area contributed by atoms with E-state index in [0.29, 0.717) is 5.92 Å². The van der Waals surface area contributed by atoms with Gasteiger partial charge in [-0.3, -0.25) is 0 Å². The molecule has 0 aromatic carbocycles. The lowest BCUT2D eigenvalue weighted by Crippen LogP contribution is -2.30. The van der Waals surface area contributed by atoms with Gasteiger partial charge < -0.3 is 0 Å². The highest BCUT2D eigenvalue weighted by atomic mass is 14.4. The molecule has 108 valence electrons. The highest BCUT2D eigenvalue weighted by molar-refractivity contribution is 4.98. The zero-order valence-corrected chi connectivity index (χ0v) is 13.9. The normalized spacial score (nSPS) is 19.9. The number of hydrogen-bond donors (Lipinski definition) is 0. The first-order valence-corrected chi connectivity index (χ1v) is 8.05. The molecule has 0 saturated carbocycles. The van der Waals surface area contributed by atoms with Gasteiger partial charge in [-0.15, -0.1) is 0 Å². The van der Waals surface area contributed by atoms with Gasteiger partial charge in [-0.2, -0.15) is 0 Å². The SMILES string of the molecule is C=C(C)C(C)C(CC)C(CC)C(C)C(C)CCC. The minimum atomic E-state index is 0.663. The van der Waals surface area contributed by atoms with E-state index in [2.05, 4.69) is 55.0 Å². The van der Waals surface area contributed by atoms with Gasteiger partial charge in [0.1, 0.15) is 0 Å². The maximum atomic E-state index is 4.18. The molecule has 5 atom stereocenters. The Labute approximate surface area is 116 Å². The van der Waals surface area contributed by atoms with Gasteiger partial charge in [0.05, 0.1) is 0 Å². The van der Waals surface area contributed by atoms with Gasteiger partial charge in [0, 0.05) is 0 Å². The van der Waals surface area contributed by atoms with Crippen LogP contribution in [-0.4, -0.2) is 0 Å². The van der Waals surface area contributed by atoms with Gasteiger partial charge in [-0.1, -0.05) is 79.4 Å². The van der Waals surface area contributed by atoms with Crippen LogP contribution in [0.25, 0.3) is 0 Å². The molecule has 0 fully saturated rings. The first-order valence-electron chi connectivity index (χ1n) is 8.05. The maximum absolute atomic E-state index is 4.18. The molecule has 0 spiro atoms. The predicted molar refractivity (Wildman–Crippen MR) is 84.8 cm³/mol. The largest absolute Gasteiger partial charge is 0.0999 e. The summed E-state index contributed by atoms with van der Waals surface area (Å²) in [4.78, 5) is 0. The van der Waals surface area contributed by atoms with Crippen molar-refractivity contribution in [3.05, 3.63) is 12.2 Å². The Bertz CT molecular complexity index is 228. The molecule has 0 bridgehead atoms. The number of allylic oxidation sites excluding steroid dienone is 1. The Kier molecular flexibility index (Phi) is 8.65. The Morgan fingerprint density at radius 3 is 1.78 bits per heavy atom. The number of hydrogen-bond acceptors (Lipinski definition) is 0. The highest BCUT2D eigenvalue weighted by Crippen LogP contribution is 2.39. The van der Waals surface area contributed by atoms with Crippen molar-refractivity contribution in [1.82, 2.24) is 0 Å². The maximum Gasteiger partial charge on any atom is -0.0206 e. The minimum Gasteiger partial charge on any atom is -0.0999 e. The van der Waals surface area contributed by atoms with E-state index in [1.54, 1.807) is 0 Å². The Balaban J connectivity index is 4.85. The standard InChI is InChI=1S/C18H36/c1-9-12-14(6)16(8)18(11-3)17(10-2)15(7)13(4)5/h14-18H,4,9-12H2,1-3,5-8H3. The summed E-state index contributed by atoms with van der Waals surface area (Å²) < 4.78 is 0. The van der Waals surface area contributed by atoms with Crippen LogP contribution in [0.15, 0.2) is 12.2 Å². The van der Waals surface area contributed by atoms with Gasteiger partial charge >= 0.3 is 0 Å². The van der Waals surface area contributed by atoms with Crippen molar-refractivity contribution in [3.8, 4) is 0 Å². The van der Waals surface area contributed by atoms with Crippen molar-refractivity contribution < 1.29 is 0 Å². The zero-order chi connectivity index (χ0) is 14.3. The fraction of sp³-hybridized carbons (Fsp3) is 0.889. The summed E-state index contributed by atoms with van der Waals surface area (Å²) in [7, 11) is 0. The van der Waals surface area contributed by atoms with Crippen LogP contribution in [0.4, 0.5) is 0 Å². The highest BCUT2D eigenvalue weighted by Gasteiger charge is 2.30. The third-order valence-electron chi connectivity index (χ3n) is 5.23. The molecule has 18 heavy (non-hydrogen) atoms. The first-order chi connectivity index (χ1) is 8.40. The van der Waals surface area contributed by atoms with Crippen molar-refractivity contribution in [2.24, 2.45) is 29.6 Å². The van der Waals surface area contributed by atoms with Crippen molar-refractivity contribution in [2.75, 3.05) is 0 Å². The van der Waals surface area contributed by atoms with E-state index in [4.69, 9.17) is 0 Å². The van der Waals surface area contributed by atoms with E-state index in [1.807, 2.05) is 0 Å². The summed E-state index contributed by atoms with van der Waals surface area (Å²) in [6, 6.07) is 0. The topological polar surface area (TPSA) is 0 Å². The summed E-state index contributed by atoms with van der Waals surface area (Å²) in [5.74, 6) is 4.01. The summed E-state index contributed by atoms with van der Waals surface area (Å²) >= 11 is 0. The lowest BCUT2D eigenvalue weighted by molar-refractivity contribution is 0.138. The molecule has 0 nitrogen and oxygen atoms in total. The summed E-state index contributed by atoms with van der Waals surface area (Å²) in [5, 5.41) is 0. The fourth-order valence-corrected chi connectivity index (χ4v) is 3.60. The average Bonchev–Trinajstić information content (AvgIpc) is 2.34. The van der Waals surface area contributed by atoms with E-state index < -0.39 is 0 Å². The summed E-state index contributed by atoms with van der Waals surface area (Å²) in [6.07, 6.45) is 5.28. The van der Waals surface area contributed by atoms with Crippen LogP contribution < -0.4 is 0 Å². The quantitative estimate of drug-likeness (QED) is 0.421. The van der Waals surface area contributed by atoms with E-state index in [9.17, 15) is 0 Å². The van der Waals surface area contributed by atoms with Crippen LogP contribution in [-0.2, 0) is 0 Å². The van der Waals surface area contributed by atoms with Gasteiger partial charge in [0.2, 0.25) is 0 Å². The second kappa shape index (κ2) is 8.77. The van der Waals surface area contributed by atoms with Crippen LogP contribution in [0, 0.1) is 29.6 Å². The lowest BCUT2D eigenvalue weighted by Gasteiger charge is -2.37. The van der Waals surface area contributed by atoms with Crippen molar-refractivity contribution in [3.63, 3.8) is 0 Å². The molecule has 0 saturated heterocycles. The van der Waals surface area contributed by atoms with Crippen LogP contribution in [0.5, 0.6) is 0 Å². The second-order valence-corrected chi connectivity index (χ2v) is 6.40. The molecule has 5 unspecified atom stereocenters. The van der Waals surface area contributed by atoms with E-state index in [1.165, 1.54) is 31.3 Å². The monoisotopic (exact) mass is 252 g/mol. The van der Waals surface area contributed by atoms with Gasteiger partial charge in [-0.25, -0.2) is 0 Å². The Morgan fingerprint density at radius 1 is 0.944 bits per heavy atom. The van der Waals surface area contributed by atoms with Gasteiger partial charge in [0.25, 0.3) is 0 Å². The Morgan fingerprint density at radius 2 is 1.44 bits per heavy atom. The average molecular weight is 252 g/mol. The number of rotatable bonds is 9. The molecule has 0 heteroatoms. The Hall–Kier alpha value is -0.260.